The van der Waals surface area contributed by atoms with Gasteiger partial charge in [0.2, 0.25) is 5.91 Å². The van der Waals surface area contributed by atoms with Crippen LogP contribution in [-0.2, 0) is 14.3 Å². The SMILES string of the molecule is CCCCCCCCNC(=O)C1CCC(C(=O)O)O1. The third kappa shape index (κ3) is 6.05. The Morgan fingerprint density at radius 2 is 1.74 bits per heavy atom. The van der Waals surface area contributed by atoms with Gasteiger partial charge in [-0.3, -0.25) is 4.79 Å². The quantitative estimate of drug-likeness (QED) is 0.630. The molecule has 0 bridgehead atoms. The lowest BCUT2D eigenvalue weighted by molar-refractivity contribution is -0.151. The maximum Gasteiger partial charge on any atom is 0.332 e. The molecule has 0 aromatic carbocycles. The van der Waals surface area contributed by atoms with Gasteiger partial charge in [-0.15, -0.1) is 0 Å². The number of carboxylic acid groups (broad SMARTS) is 1. The molecule has 1 fully saturated rings. The summed E-state index contributed by atoms with van der Waals surface area (Å²) in [6, 6.07) is 0. The van der Waals surface area contributed by atoms with Crippen LogP contribution < -0.4 is 5.32 Å². The summed E-state index contributed by atoms with van der Waals surface area (Å²) in [7, 11) is 0. The molecule has 5 heteroatoms. The minimum absolute atomic E-state index is 0.169. The van der Waals surface area contributed by atoms with Crippen molar-refractivity contribution in [2.45, 2.75) is 70.5 Å². The zero-order valence-corrected chi connectivity index (χ0v) is 11.7. The predicted molar refractivity (Wildman–Crippen MR) is 71.9 cm³/mol. The van der Waals surface area contributed by atoms with Crippen LogP contribution in [0, 0.1) is 0 Å². The fourth-order valence-electron chi connectivity index (χ4n) is 2.24. The highest BCUT2D eigenvalue weighted by molar-refractivity contribution is 5.82. The molecule has 2 unspecified atom stereocenters. The molecule has 2 N–H and O–H groups in total. The Morgan fingerprint density at radius 3 is 2.37 bits per heavy atom. The van der Waals surface area contributed by atoms with Crippen molar-refractivity contribution in [3.63, 3.8) is 0 Å². The minimum atomic E-state index is -0.980. The van der Waals surface area contributed by atoms with Gasteiger partial charge in [0.25, 0.3) is 0 Å². The number of carbonyl (C=O) groups excluding carboxylic acids is 1. The topological polar surface area (TPSA) is 75.6 Å². The predicted octanol–water partition coefficient (Wildman–Crippen LogP) is 2.10. The second-order valence-corrected chi connectivity index (χ2v) is 5.09. The van der Waals surface area contributed by atoms with Crippen LogP contribution in [0.15, 0.2) is 0 Å². The Kier molecular flexibility index (Phi) is 7.48. The van der Waals surface area contributed by atoms with Crippen molar-refractivity contribution < 1.29 is 19.4 Å². The van der Waals surface area contributed by atoms with Crippen molar-refractivity contribution in [1.82, 2.24) is 5.32 Å². The number of carbonyl (C=O) groups is 2. The first-order valence-corrected chi connectivity index (χ1v) is 7.31. The second-order valence-electron chi connectivity index (χ2n) is 5.09. The van der Waals surface area contributed by atoms with Crippen LogP contribution in [0.5, 0.6) is 0 Å². The number of aliphatic carboxylic acids is 1. The van der Waals surface area contributed by atoms with Gasteiger partial charge in [-0.25, -0.2) is 4.79 Å². The van der Waals surface area contributed by atoms with Gasteiger partial charge >= 0.3 is 5.97 Å². The molecule has 0 radical (unpaired) electrons. The van der Waals surface area contributed by atoms with Crippen LogP contribution in [0.1, 0.15) is 58.3 Å². The molecule has 1 saturated heterocycles. The third-order valence-corrected chi connectivity index (χ3v) is 3.42. The van der Waals surface area contributed by atoms with Crippen molar-refractivity contribution in [3.8, 4) is 0 Å². The van der Waals surface area contributed by atoms with Crippen molar-refractivity contribution in [2.24, 2.45) is 0 Å². The van der Waals surface area contributed by atoms with Gasteiger partial charge < -0.3 is 15.2 Å². The average Bonchev–Trinajstić information content (AvgIpc) is 2.87. The lowest BCUT2D eigenvalue weighted by Gasteiger charge is -2.11. The van der Waals surface area contributed by atoms with Gasteiger partial charge in [0.1, 0.15) is 6.10 Å². The van der Waals surface area contributed by atoms with Crippen LogP contribution in [0.25, 0.3) is 0 Å². The molecule has 1 rings (SSSR count). The van der Waals surface area contributed by atoms with Crippen molar-refractivity contribution in [3.05, 3.63) is 0 Å². The van der Waals surface area contributed by atoms with Crippen LogP contribution in [0.3, 0.4) is 0 Å². The Morgan fingerprint density at radius 1 is 1.11 bits per heavy atom. The fourth-order valence-corrected chi connectivity index (χ4v) is 2.24. The molecule has 0 aromatic heterocycles. The minimum Gasteiger partial charge on any atom is -0.479 e. The number of carboxylic acids is 1. The zero-order valence-electron chi connectivity index (χ0n) is 11.7. The van der Waals surface area contributed by atoms with E-state index in [-0.39, 0.29) is 5.91 Å². The number of hydrogen-bond acceptors (Lipinski definition) is 3. The van der Waals surface area contributed by atoms with Gasteiger partial charge in [0.15, 0.2) is 6.10 Å². The average molecular weight is 271 g/mol. The summed E-state index contributed by atoms with van der Waals surface area (Å²) in [5.41, 5.74) is 0. The van der Waals surface area contributed by atoms with Crippen molar-refractivity contribution >= 4 is 11.9 Å². The summed E-state index contributed by atoms with van der Waals surface area (Å²) >= 11 is 0. The number of ether oxygens (including phenoxy) is 1. The van der Waals surface area contributed by atoms with Crippen LogP contribution in [-0.4, -0.2) is 35.7 Å². The first-order chi connectivity index (χ1) is 9.15. The highest BCUT2D eigenvalue weighted by atomic mass is 16.5. The van der Waals surface area contributed by atoms with Crippen LogP contribution in [0.2, 0.25) is 0 Å². The summed E-state index contributed by atoms with van der Waals surface area (Å²) in [6.07, 6.45) is 6.62. The lowest BCUT2D eigenvalue weighted by Crippen LogP contribution is -2.36. The molecule has 0 aromatic rings. The summed E-state index contributed by atoms with van der Waals surface area (Å²) in [5.74, 6) is -1.15. The highest BCUT2D eigenvalue weighted by Gasteiger charge is 2.34. The molecule has 0 aliphatic carbocycles. The van der Waals surface area contributed by atoms with Crippen LogP contribution >= 0.6 is 0 Å². The van der Waals surface area contributed by atoms with Gasteiger partial charge in [-0.1, -0.05) is 39.0 Å². The fraction of sp³-hybridized carbons (Fsp3) is 0.857. The Balaban J connectivity index is 2.04. The van der Waals surface area contributed by atoms with E-state index in [1.54, 1.807) is 0 Å². The summed E-state index contributed by atoms with van der Waals surface area (Å²) in [4.78, 5) is 22.4. The standard InChI is InChI=1S/C14H25NO4/c1-2-3-4-5-6-7-10-15-13(16)11-8-9-12(19-11)14(17)18/h11-12H,2-10H2,1H3,(H,15,16)(H,17,18). The molecule has 1 amide bonds. The highest BCUT2D eigenvalue weighted by Crippen LogP contribution is 2.19. The molecule has 1 heterocycles. The number of hydrogen-bond donors (Lipinski definition) is 2. The summed E-state index contributed by atoms with van der Waals surface area (Å²) in [6.45, 7) is 2.84. The smallest absolute Gasteiger partial charge is 0.332 e. The lowest BCUT2D eigenvalue weighted by atomic mass is 10.1. The molecule has 2 atom stereocenters. The van der Waals surface area contributed by atoms with E-state index in [0.717, 1.165) is 12.8 Å². The van der Waals surface area contributed by atoms with Gasteiger partial charge in [-0.2, -0.15) is 0 Å². The first kappa shape index (κ1) is 16.0. The van der Waals surface area contributed by atoms with E-state index in [9.17, 15) is 9.59 Å². The first-order valence-electron chi connectivity index (χ1n) is 7.31. The second kappa shape index (κ2) is 8.91. The van der Waals surface area contributed by atoms with Crippen LogP contribution in [0.4, 0.5) is 0 Å². The molecule has 0 spiro atoms. The Bertz CT molecular complexity index is 293. The van der Waals surface area contributed by atoms with E-state index in [1.807, 2.05) is 0 Å². The molecule has 19 heavy (non-hydrogen) atoms. The van der Waals surface area contributed by atoms with E-state index in [4.69, 9.17) is 9.84 Å². The maximum absolute atomic E-state index is 11.7. The van der Waals surface area contributed by atoms with Crippen molar-refractivity contribution in [2.75, 3.05) is 6.54 Å². The summed E-state index contributed by atoms with van der Waals surface area (Å²) in [5, 5.41) is 11.6. The van der Waals surface area contributed by atoms with E-state index in [0.29, 0.717) is 19.4 Å². The molecule has 1 aliphatic heterocycles. The van der Waals surface area contributed by atoms with E-state index < -0.39 is 18.2 Å². The van der Waals surface area contributed by atoms with Crippen molar-refractivity contribution in [1.29, 1.82) is 0 Å². The number of unbranched alkanes of at least 4 members (excludes halogenated alkanes) is 5. The normalized spacial score (nSPS) is 22.4. The Labute approximate surface area is 114 Å². The number of nitrogens with one attached hydrogen (secondary N) is 1. The monoisotopic (exact) mass is 271 g/mol. The molecule has 0 saturated carbocycles. The molecule has 5 nitrogen and oxygen atoms in total. The number of rotatable bonds is 9. The van der Waals surface area contributed by atoms with Gasteiger partial charge in [-0.05, 0) is 19.3 Å². The van der Waals surface area contributed by atoms with Gasteiger partial charge in [0.05, 0.1) is 0 Å². The zero-order chi connectivity index (χ0) is 14.1. The van der Waals surface area contributed by atoms with E-state index >= 15 is 0 Å². The molecular formula is C14H25NO4. The molecular weight excluding hydrogens is 246 g/mol. The third-order valence-electron chi connectivity index (χ3n) is 3.42. The molecule has 1 aliphatic rings. The summed E-state index contributed by atoms with van der Waals surface area (Å²) < 4.78 is 5.18. The van der Waals surface area contributed by atoms with E-state index in [2.05, 4.69) is 12.2 Å². The largest absolute Gasteiger partial charge is 0.479 e. The molecule has 110 valence electrons. The maximum atomic E-state index is 11.7. The van der Waals surface area contributed by atoms with Gasteiger partial charge in [0, 0.05) is 6.54 Å². The number of amides is 1. The van der Waals surface area contributed by atoms with E-state index in [1.165, 1.54) is 25.7 Å². The Hall–Kier alpha value is -1.10.